The highest BCUT2D eigenvalue weighted by Crippen LogP contribution is 2.27. The predicted molar refractivity (Wildman–Crippen MR) is 93.6 cm³/mol. The molecule has 1 unspecified atom stereocenters. The number of ether oxygens (including phenoxy) is 1. The molecule has 4 nitrogen and oxygen atoms in total. The van der Waals surface area contributed by atoms with Crippen LogP contribution in [0.2, 0.25) is 10.0 Å². The second-order valence-electron chi connectivity index (χ2n) is 5.37. The van der Waals surface area contributed by atoms with Gasteiger partial charge in [0.25, 0.3) is 5.91 Å². The second-order valence-corrected chi connectivity index (χ2v) is 6.18. The van der Waals surface area contributed by atoms with Gasteiger partial charge in [-0.2, -0.15) is 0 Å². The highest BCUT2D eigenvalue weighted by atomic mass is 35.5. The molecule has 2 aromatic rings. The first-order chi connectivity index (χ1) is 10.8. The van der Waals surface area contributed by atoms with Crippen LogP contribution in [0.25, 0.3) is 0 Å². The zero-order valence-electron chi connectivity index (χ0n) is 13.4. The number of hydrogen-bond donors (Lipinski definition) is 1. The van der Waals surface area contributed by atoms with E-state index in [1.54, 1.807) is 25.1 Å². The third kappa shape index (κ3) is 4.36. The quantitative estimate of drug-likeness (QED) is 0.865. The summed E-state index contributed by atoms with van der Waals surface area (Å²) >= 11 is 11.8. The lowest BCUT2D eigenvalue weighted by molar-refractivity contribution is -0.122. The zero-order valence-corrected chi connectivity index (χ0v) is 14.9. The van der Waals surface area contributed by atoms with E-state index >= 15 is 0 Å². The Labute approximate surface area is 145 Å². The van der Waals surface area contributed by atoms with E-state index in [0.29, 0.717) is 21.5 Å². The Kier molecular flexibility index (Phi) is 5.50. The van der Waals surface area contributed by atoms with Crippen LogP contribution in [0, 0.1) is 20.8 Å². The van der Waals surface area contributed by atoms with Gasteiger partial charge in [0.1, 0.15) is 5.75 Å². The SMILES string of the molecule is Cc1cc(C)c(NC(=O)C(C)Oc2ccc(Cl)c(Cl)c2)c(C)n1. The van der Waals surface area contributed by atoms with E-state index in [1.165, 1.54) is 0 Å². The van der Waals surface area contributed by atoms with Crippen molar-refractivity contribution in [3.8, 4) is 5.75 Å². The molecule has 0 aliphatic carbocycles. The number of rotatable bonds is 4. The van der Waals surface area contributed by atoms with Crippen molar-refractivity contribution >= 4 is 34.8 Å². The largest absolute Gasteiger partial charge is 0.481 e. The standard InChI is InChI=1S/C17H18Cl2N2O2/c1-9-7-10(2)20-11(3)16(9)21-17(22)12(4)23-13-5-6-14(18)15(19)8-13/h5-8,12H,1-4H3,(H,21,22). The second kappa shape index (κ2) is 7.20. The maximum absolute atomic E-state index is 12.3. The molecule has 1 N–H and O–H groups in total. The maximum Gasteiger partial charge on any atom is 0.265 e. The van der Waals surface area contributed by atoms with Gasteiger partial charge in [0.2, 0.25) is 0 Å². The van der Waals surface area contributed by atoms with Crippen LogP contribution < -0.4 is 10.1 Å². The minimum absolute atomic E-state index is 0.257. The molecule has 23 heavy (non-hydrogen) atoms. The molecular formula is C17H18Cl2N2O2. The number of nitrogens with one attached hydrogen (secondary N) is 1. The summed E-state index contributed by atoms with van der Waals surface area (Å²) in [6, 6.07) is 6.80. The van der Waals surface area contributed by atoms with Gasteiger partial charge < -0.3 is 10.1 Å². The summed E-state index contributed by atoms with van der Waals surface area (Å²) in [6.45, 7) is 7.38. The molecule has 1 atom stereocenters. The van der Waals surface area contributed by atoms with E-state index in [1.807, 2.05) is 26.8 Å². The number of nitrogens with zero attached hydrogens (tertiary/aromatic N) is 1. The van der Waals surface area contributed by atoms with Crippen LogP contribution in [-0.2, 0) is 4.79 Å². The van der Waals surface area contributed by atoms with E-state index < -0.39 is 6.10 Å². The number of carbonyl (C=O) groups excluding carboxylic acids is 1. The van der Waals surface area contributed by atoms with Crippen molar-refractivity contribution in [3.05, 3.63) is 51.3 Å². The number of carbonyl (C=O) groups is 1. The lowest BCUT2D eigenvalue weighted by Crippen LogP contribution is -2.30. The van der Waals surface area contributed by atoms with Gasteiger partial charge in [0.15, 0.2) is 6.10 Å². The number of aryl methyl sites for hydroxylation is 3. The summed E-state index contributed by atoms with van der Waals surface area (Å²) in [5.41, 5.74) is 3.37. The Morgan fingerprint density at radius 1 is 1.17 bits per heavy atom. The molecule has 0 spiro atoms. The fourth-order valence-electron chi connectivity index (χ4n) is 2.25. The van der Waals surface area contributed by atoms with Crippen molar-refractivity contribution in [1.82, 2.24) is 4.98 Å². The minimum Gasteiger partial charge on any atom is -0.481 e. The average Bonchev–Trinajstić information content (AvgIpc) is 2.46. The van der Waals surface area contributed by atoms with Crippen LogP contribution in [0.15, 0.2) is 24.3 Å². The Bertz CT molecular complexity index is 724. The lowest BCUT2D eigenvalue weighted by atomic mass is 10.1. The van der Waals surface area contributed by atoms with E-state index in [4.69, 9.17) is 27.9 Å². The van der Waals surface area contributed by atoms with Crippen LogP contribution in [0.3, 0.4) is 0 Å². The molecule has 1 aromatic carbocycles. The van der Waals surface area contributed by atoms with Crippen molar-refractivity contribution in [3.63, 3.8) is 0 Å². The summed E-state index contributed by atoms with van der Waals surface area (Å²) in [5.74, 6) is 0.227. The van der Waals surface area contributed by atoms with Gasteiger partial charge >= 0.3 is 0 Å². The fraction of sp³-hybridized carbons (Fsp3) is 0.294. The summed E-state index contributed by atoms with van der Waals surface area (Å²) in [7, 11) is 0. The third-order valence-corrected chi connectivity index (χ3v) is 4.09. The molecule has 1 heterocycles. The molecule has 2 rings (SSSR count). The first kappa shape index (κ1) is 17.6. The van der Waals surface area contributed by atoms with E-state index in [9.17, 15) is 4.79 Å². The van der Waals surface area contributed by atoms with Crippen molar-refractivity contribution in [2.45, 2.75) is 33.8 Å². The molecule has 1 aromatic heterocycles. The summed E-state index contributed by atoms with van der Waals surface area (Å²) in [5, 5.41) is 3.69. The first-order valence-electron chi connectivity index (χ1n) is 7.15. The number of halogens is 2. The summed E-state index contributed by atoms with van der Waals surface area (Å²) in [6.07, 6.45) is -0.688. The van der Waals surface area contributed by atoms with Crippen LogP contribution in [0.5, 0.6) is 5.75 Å². The smallest absolute Gasteiger partial charge is 0.265 e. The number of hydrogen-bond acceptors (Lipinski definition) is 3. The maximum atomic E-state index is 12.3. The fourth-order valence-corrected chi connectivity index (χ4v) is 2.53. The summed E-state index contributed by atoms with van der Waals surface area (Å²) < 4.78 is 5.61. The Morgan fingerprint density at radius 2 is 1.87 bits per heavy atom. The van der Waals surface area contributed by atoms with Crippen molar-refractivity contribution < 1.29 is 9.53 Å². The number of aromatic nitrogens is 1. The first-order valence-corrected chi connectivity index (χ1v) is 7.91. The topological polar surface area (TPSA) is 51.2 Å². The molecule has 122 valence electrons. The third-order valence-electron chi connectivity index (χ3n) is 3.35. The van der Waals surface area contributed by atoms with E-state index in [0.717, 1.165) is 17.0 Å². The highest BCUT2D eigenvalue weighted by Gasteiger charge is 2.17. The zero-order chi connectivity index (χ0) is 17.1. The van der Waals surface area contributed by atoms with Crippen molar-refractivity contribution in [2.24, 2.45) is 0 Å². The molecule has 0 fully saturated rings. The van der Waals surface area contributed by atoms with Gasteiger partial charge in [-0.3, -0.25) is 9.78 Å². The van der Waals surface area contributed by atoms with Crippen LogP contribution in [-0.4, -0.2) is 17.0 Å². The van der Waals surface area contributed by atoms with Gasteiger partial charge in [-0.1, -0.05) is 23.2 Å². The van der Waals surface area contributed by atoms with Crippen molar-refractivity contribution in [1.29, 1.82) is 0 Å². The lowest BCUT2D eigenvalue weighted by Gasteiger charge is -2.17. The Hall–Kier alpha value is -1.78. The van der Waals surface area contributed by atoms with Gasteiger partial charge in [-0.25, -0.2) is 0 Å². The number of amides is 1. The Morgan fingerprint density at radius 3 is 2.48 bits per heavy atom. The van der Waals surface area contributed by atoms with Gasteiger partial charge in [0, 0.05) is 11.8 Å². The molecule has 0 aliphatic rings. The van der Waals surface area contributed by atoms with Crippen LogP contribution >= 0.6 is 23.2 Å². The molecule has 0 aliphatic heterocycles. The molecule has 0 saturated heterocycles. The molecular weight excluding hydrogens is 335 g/mol. The normalized spacial score (nSPS) is 11.9. The van der Waals surface area contributed by atoms with Crippen LogP contribution in [0.4, 0.5) is 5.69 Å². The number of anilines is 1. The molecule has 0 bridgehead atoms. The number of pyridine rings is 1. The molecule has 0 radical (unpaired) electrons. The average molecular weight is 353 g/mol. The summed E-state index contributed by atoms with van der Waals surface area (Å²) in [4.78, 5) is 16.7. The molecule has 6 heteroatoms. The molecule has 1 amide bonds. The molecule has 0 saturated carbocycles. The number of benzene rings is 1. The van der Waals surface area contributed by atoms with Gasteiger partial charge in [0.05, 0.1) is 21.4 Å². The van der Waals surface area contributed by atoms with Crippen LogP contribution in [0.1, 0.15) is 23.9 Å². The predicted octanol–water partition coefficient (Wildman–Crippen LogP) is 4.72. The van der Waals surface area contributed by atoms with Crippen molar-refractivity contribution in [2.75, 3.05) is 5.32 Å². The highest BCUT2D eigenvalue weighted by molar-refractivity contribution is 6.42. The van der Waals surface area contributed by atoms with Gasteiger partial charge in [-0.15, -0.1) is 0 Å². The monoisotopic (exact) mass is 352 g/mol. The minimum atomic E-state index is -0.688. The Balaban J connectivity index is 2.10. The van der Waals surface area contributed by atoms with E-state index in [-0.39, 0.29) is 5.91 Å². The van der Waals surface area contributed by atoms with Gasteiger partial charge in [-0.05, 0) is 51.5 Å². The van der Waals surface area contributed by atoms with E-state index in [2.05, 4.69) is 10.3 Å².